The highest BCUT2D eigenvalue weighted by molar-refractivity contribution is 5.58. The van der Waals surface area contributed by atoms with Crippen molar-refractivity contribution in [1.82, 2.24) is 10.2 Å². The van der Waals surface area contributed by atoms with Gasteiger partial charge in [-0.1, -0.05) is 0 Å². The summed E-state index contributed by atoms with van der Waals surface area (Å²) in [5.41, 5.74) is 0. The number of aliphatic imine (C=N–C) groups is 1. The first-order valence-electron chi connectivity index (χ1n) is 2.41. The molecule has 0 aliphatic heterocycles. The number of rotatable bonds is 1. The summed E-state index contributed by atoms with van der Waals surface area (Å²) < 4.78 is 0. The molecular formula is C5H7N3. The quantitative estimate of drug-likeness (QED) is 0.539. The fraction of sp³-hybridized carbons (Fsp3) is 0.200. The van der Waals surface area contributed by atoms with Gasteiger partial charge in [0.05, 0.1) is 6.20 Å². The highest BCUT2D eigenvalue weighted by Crippen LogP contribution is 2.00. The van der Waals surface area contributed by atoms with E-state index in [1.165, 1.54) is 0 Å². The van der Waals surface area contributed by atoms with Crippen LogP contribution in [0, 0.1) is 0 Å². The zero-order valence-corrected chi connectivity index (χ0v) is 4.63. The average Bonchev–Trinajstić information content (AvgIpc) is 2.19. The molecule has 0 unspecified atom stereocenters. The van der Waals surface area contributed by atoms with Gasteiger partial charge in [0.25, 0.3) is 0 Å². The Hall–Kier alpha value is -1.12. The molecule has 1 heterocycles. The van der Waals surface area contributed by atoms with Crippen LogP contribution in [0.4, 0.5) is 5.82 Å². The monoisotopic (exact) mass is 109 g/mol. The minimum Gasteiger partial charge on any atom is -0.261 e. The van der Waals surface area contributed by atoms with Crippen LogP contribution in [0.3, 0.4) is 0 Å². The van der Waals surface area contributed by atoms with E-state index < -0.39 is 0 Å². The van der Waals surface area contributed by atoms with Gasteiger partial charge in [-0.15, -0.1) is 0 Å². The number of H-pyrrole nitrogens is 1. The summed E-state index contributed by atoms with van der Waals surface area (Å²) in [7, 11) is 0. The van der Waals surface area contributed by atoms with Crippen LogP contribution in [0.2, 0.25) is 0 Å². The predicted octanol–water partition coefficient (Wildman–Crippen LogP) is 1.13. The van der Waals surface area contributed by atoms with Crippen LogP contribution in [0.1, 0.15) is 6.92 Å². The Morgan fingerprint density at radius 3 is 3.25 bits per heavy atom. The fourth-order valence-corrected chi connectivity index (χ4v) is 0.460. The van der Waals surface area contributed by atoms with Gasteiger partial charge in [-0.3, -0.25) is 5.10 Å². The summed E-state index contributed by atoms with van der Waals surface area (Å²) in [5, 5.41) is 6.39. The summed E-state index contributed by atoms with van der Waals surface area (Å²) in [5.74, 6) is 0.799. The number of hydrogen-bond acceptors (Lipinski definition) is 2. The third-order valence-corrected chi connectivity index (χ3v) is 0.754. The van der Waals surface area contributed by atoms with Crippen LogP contribution in [-0.2, 0) is 0 Å². The lowest BCUT2D eigenvalue weighted by atomic mass is 10.6. The molecule has 8 heavy (non-hydrogen) atoms. The minimum atomic E-state index is 0.799. The fourth-order valence-electron chi connectivity index (χ4n) is 0.460. The van der Waals surface area contributed by atoms with Crippen molar-refractivity contribution in [3.05, 3.63) is 12.3 Å². The summed E-state index contributed by atoms with van der Waals surface area (Å²) in [6.45, 7) is 1.86. The summed E-state index contributed by atoms with van der Waals surface area (Å²) in [6.07, 6.45) is 3.38. The van der Waals surface area contributed by atoms with Crippen LogP contribution >= 0.6 is 0 Å². The molecule has 1 N–H and O–H groups in total. The normalized spacial score (nSPS) is 10.6. The topological polar surface area (TPSA) is 41.0 Å². The largest absolute Gasteiger partial charge is 0.261 e. The lowest BCUT2D eigenvalue weighted by Crippen LogP contribution is -1.63. The van der Waals surface area contributed by atoms with E-state index in [1.807, 2.05) is 6.92 Å². The molecule has 0 aliphatic carbocycles. The Labute approximate surface area is 47.5 Å². The first kappa shape index (κ1) is 5.03. The number of nitrogens with zero attached hydrogens (tertiary/aromatic N) is 2. The Balaban J connectivity index is 2.77. The van der Waals surface area contributed by atoms with Crippen LogP contribution in [0.25, 0.3) is 0 Å². The maximum atomic E-state index is 3.92. The van der Waals surface area contributed by atoms with Crippen molar-refractivity contribution in [2.75, 3.05) is 0 Å². The van der Waals surface area contributed by atoms with Crippen molar-refractivity contribution >= 4 is 12.0 Å². The van der Waals surface area contributed by atoms with Crippen molar-refractivity contribution in [1.29, 1.82) is 0 Å². The first-order valence-corrected chi connectivity index (χ1v) is 2.41. The van der Waals surface area contributed by atoms with Crippen molar-refractivity contribution in [2.45, 2.75) is 6.92 Å². The lowest BCUT2D eigenvalue weighted by molar-refractivity contribution is 1.08. The van der Waals surface area contributed by atoms with Gasteiger partial charge in [0.15, 0.2) is 0 Å². The Bertz CT molecular complexity index is 164. The van der Waals surface area contributed by atoms with Crippen LogP contribution < -0.4 is 0 Å². The van der Waals surface area contributed by atoms with E-state index in [-0.39, 0.29) is 0 Å². The first-order chi connectivity index (χ1) is 3.93. The molecular weight excluding hydrogens is 102 g/mol. The minimum absolute atomic E-state index is 0.799. The second-order valence-corrected chi connectivity index (χ2v) is 1.33. The second-order valence-electron chi connectivity index (χ2n) is 1.33. The molecule has 42 valence electrons. The molecule has 0 amide bonds. The molecule has 0 bridgehead atoms. The lowest BCUT2D eigenvalue weighted by Gasteiger charge is -1.76. The maximum absolute atomic E-state index is 3.92. The second kappa shape index (κ2) is 2.26. The molecule has 0 saturated carbocycles. The number of aromatic nitrogens is 2. The van der Waals surface area contributed by atoms with Crippen LogP contribution in [-0.4, -0.2) is 16.4 Å². The molecule has 0 aliphatic rings. The van der Waals surface area contributed by atoms with Gasteiger partial charge in [-0.2, -0.15) is 5.10 Å². The van der Waals surface area contributed by atoms with E-state index in [0.717, 1.165) is 5.82 Å². The molecule has 0 radical (unpaired) electrons. The van der Waals surface area contributed by atoms with Gasteiger partial charge in [-0.25, -0.2) is 4.99 Å². The van der Waals surface area contributed by atoms with Gasteiger partial charge in [0, 0.05) is 12.3 Å². The number of hydrogen-bond donors (Lipinski definition) is 1. The Morgan fingerprint density at radius 2 is 2.75 bits per heavy atom. The Morgan fingerprint density at radius 1 is 1.88 bits per heavy atom. The predicted molar refractivity (Wildman–Crippen MR) is 32.4 cm³/mol. The molecule has 0 atom stereocenters. The number of nitrogens with one attached hydrogen (secondary N) is 1. The van der Waals surface area contributed by atoms with E-state index in [2.05, 4.69) is 15.2 Å². The van der Waals surface area contributed by atoms with E-state index in [4.69, 9.17) is 0 Å². The van der Waals surface area contributed by atoms with E-state index in [9.17, 15) is 0 Å². The summed E-state index contributed by atoms with van der Waals surface area (Å²) in [4.78, 5) is 3.92. The molecule has 3 heteroatoms. The summed E-state index contributed by atoms with van der Waals surface area (Å²) in [6, 6.07) is 1.81. The standard InChI is InChI=1S/C5H7N3/c1-2-6-5-3-4-7-8-5/h2-4H,1H3,(H,7,8)/b6-2+. The third-order valence-electron chi connectivity index (χ3n) is 0.754. The molecule has 1 aromatic rings. The van der Waals surface area contributed by atoms with Crippen molar-refractivity contribution in [3.63, 3.8) is 0 Å². The van der Waals surface area contributed by atoms with E-state index in [1.54, 1.807) is 18.5 Å². The van der Waals surface area contributed by atoms with Gasteiger partial charge < -0.3 is 0 Å². The zero-order valence-electron chi connectivity index (χ0n) is 4.63. The molecule has 1 aromatic heterocycles. The van der Waals surface area contributed by atoms with Crippen molar-refractivity contribution in [2.24, 2.45) is 4.99 Å². The van der Waals surface area contributed by atoms with Crippen LogP contribution in [0.15, 0.2) is 17.3 Å². The van der Waals surface area contributed by atoms with Gasteiger partial charge in [-0.05, 0) is 6.92 Å². The van der Waals surface area contributed by atoms with Gasteiger partial charge >= 0.3 is 0 Å². The van der Waals surface area contributed by atoms with E-state index in [0.29, 0.717) is 0 Å². The smallest absolute Gasteiger partial charge is 0.147 e. The molecule has 0 aromatic carbocycles. The molecule has 1 rings (SSSR count). The molecule has 0 saturated heterocycles. The van der Waals surface area contributed by atoms with Crippen molar-refractivity contribution < 1.29 is 0 Å². The Kier molecular flexibility index (Phi) is 1.42. The SMILES string of the molecule is C/C=N/c1ccn[nH]1. The molecule has 3 nitrogen and oxygen atoms in total. The van der Waals surface area contributed by atoms with Crippen molar-refractivity contribution in [3.8, 4) is 0 Å². The summed E-state index contributed by atoms with van der Waals surface area (Å²) >= 11 is 0. The maximum Gasteiger partial charge on any atom is 0.147 e. The average molecular weight is 109 g/mol. The van der Waals surface area contributed by atoms with Crippen LogP contribution in [0.5, 0.6) is 0 Å². The highest BCUT2D eigenvalue weighted by Gasteiger charge is 1.80. The van der Waals surface area contributed by atoms with Gasteiger partial charge in [0.2, 0.25) is 0 Å². The molecule has 0 fully saturated rings. The van der Waals surface area contributed by atoms with E-state index >= 15 is 0 Å². The number of aromatic amines is 1. The van der Waals surface area contributed by atoms with Gasteiger partial charge in [0.1, 0.15) is 5.82 Å². The molecule has 0 spiro atoms. The third kappa shape index (κ3) is 0.932. The zero-order chi connectivity index (χ0) is 5.82. The highest BCUT2D eigenvalue weighted by atomic mass is 15.1.